The molecule has 1 aliphatic carbocycles. The van der Waals surface area contributed by atoms with E-state index in [-0.39, 0.29) is 17.5 Å². The molecule has 3 aliphatic rings. The zero-order valence-electron chi connectivity index (χ0n) is 14.7. The van der Waals surface area contributed by atoms with Crippen molar-refractivity contribution in [3.8, 4) is 0 Å². The van der Waals surface area contributed by atoms with E-state index in [0.29, 0.717) is 5.56 Å². The molecule has 1 amide bonds. The Hall–Kier alpha value is -2.20. The monoisotopic (exact) mass is 335 g/mol. The number of aromatic nitrogens is 1. The number of hydrogen-bond acceptors (Lipinski definition) is 3. The highest BCUT2D eigenvalue weighted by Gasteiger charge is 2.50. The molecule has 2 bridgehead atoms. The van der Waals surface area contributed by atoms with Gasteiger partial charge in [-0.05, 0) is 56.3 Å². The molecule has 1 aromatic heterocycles. The molecular formula is C21H25N3O. The van der Waals surface area contributed by atoms with Crippen LogP contribution < -0.4 is 5.32 Å². The Kier molecular flexibility index (Phi) is 4.30. The number of piperidine rings is 2. The Morgan fingerprint density at radius 1 is 1.20 bits per heavy atom. The number of benzene rings is 1. The van der Waals surface area contributed by atoms with Crippen LogP contribution in [0.25, 0.3) is 0 Å². The van der Waals surface area contributed by atoms with Crippen LogP contribution >= 0.6 is 0 Å². The summed E-state index contributed by atoms with van der Waals surface area (Å²) >= 11 is 0. The maximum Gasteiger partial charge on any atom is 0.253 e. The summed E-state index contributed by atoms with van der Waals surface area (Å²) < 4.78 is 0. The van der Waals surface area contributed by atoms with E-state index in [9.17, 15) is 4.79 Å². The first-order valence-electron chi connectivity index (χ1n) is 9.16. The fraction of sp³-hybridized carbons (Fsp3) is 0.429. The minimum Gasteiger partial charge on any atom is -0.343 e. The van der Waals surface area contributed by atoms with Crippen molar-refractivity contribution >= 4 is 5.91 Å². The lowest BCUT2D eigenvalue weighted by atomic mass is 9.66. The lowest BCUT2D eigenvalue weighted by Gasteiger charge is -2.57. The van der Waals surface area contributed by atoms with Gasteiger partial charge in [0, 0.05) is 24.5 Å². The summed E-state index contributed by atoms with van der Waals surface area (Å²) in [6, 6.07) is 14.0. The van der Waals surface area contributed by atoms with Gasteiger partial charge in [0.25, 0.3) is 5.91 Å². The molecule has 4 nitrogen and oxygen atoms in total. The maximum absolute atomic E-state index is 12.9. The predicted octanol–water partition coefficient (Wildman–Crippen LogP) is 3.43. The van der Waals surface area contributed by atoms with Crippen LogP contribution in [-0.4, -0.2) is 34.9 Å². The first-order valence-corrected chi connectivity index (χ1v) is 9.16. The molecule has 1 saturated carbocycles. The molecule has 1 unspecified atom stereocenters. The molecule has 1 atom stereocenters. The van der Waals surface area contributed by atoms with Gasteiger partial charge < -0.3 is 5.32 Å². The zero-order valence-corrected chi connectivity index (χ0v) is 14.7. The number of rotatable bonds is 4. The largest absolute Gasteiger partial charge is 0.343 e. The number of likely N-dealkylation sites (N-methyl/N-ethyl adjacent to an activating group) is 1. The summed E-state index contributed by atoms with van der Waals surface area (Å²) in [6.07, 6.45) is 8.13. The predicted molar refractivity (Wildman–Crippen MR) is 98.2 cm³/mol. The molecule has 3 fully saturated rings. The molecule has 130 valence electrons. The average molecular weight is 335 g/mol. The first kappa shape index (κ1) is 16.3. The third-order valence-electron chi connectivity index (χ3n) is 6.13. The highest BCUT2D eigenvalue weighted by atomic mass is 16.1. The number of fused-ring (bicyclic) bond motifs is 3. The van der Waals surface area contributed by atoms with E-state index in [1.807, 2.05) is 18.2 Å². The molecule has 4 heteroatoms. The molecule has 2 saturated heterocycles. The number of amides is 1. The number of carbonyl (C=O) groups excluding carboxylic acids is 1. The molecular weight excluding hydrogens is 310 g/mol. The van der Waals surface area contributed by atoms with Crippen molar-refractivity contribution in [2.75, 3.05) is 13.6 Å². The average Bonchev–Trinajstić information content (AvgIpc) is 2.68. The molecule has 5 rings (SSSR count). The molecule has 1 N–H and O–H groups in total. The van der Waals surface area contributed by atoms with E-state index in [2.05, 4.69) is 46.5 Å². The van der Waals surface area contributed by atoms with Gasteiger partial charge in [-0.3, -0.25) is 14.7 Å². The summed E-state index contributed by atoms with van der Waals surface area (Å²) in [5.74, 6) is 0.773. The number of carbonyl (C=O) groups is 1. The van der Waals surface area contributed by atoms with Gasteiger partial charge in [0.1, 0.15) is 0 Å². The van der Waals surface area contributed by atoms with E-state index in [1.165, 1.54) is 18.4 Å². The minimum atomic E-state index is -0.0441. The number of hydrogen-bond donors (Lipinski definition) is 1. The summed E-state index contributed by atoms with van der Waals surface area (Å²) in [6.45, 7) is 1.13. The fourth-order valence-electron chi connectivity index (χ4n) is 4.70. The minimum absolute atomic E-state index is 0.00680. The molecule has 0 radical (unpaired) electrons. The number of pyridine rings is 1. The summed E-state index contributed by atoms with van der Waals surface area (Å²) in [5.41, 5.74) is 1.81. The first-order chi connectivity index (χ1) is 12.2. The van der Waals surface area contributed by atoms with Crippen LogP contribution in [0, 0.1) is 5.92 Å². The summed E-state index contributed by atoms with van der Waals surface area (Å²) in [7, 11) is 2.22. The van der Waals surface area contributed by atoms with E-state index in [1.54, 1.807) is 12.4 Å². The van der Waals surface area contributed by atoms with E-state index < -0.39 is 0 Å². The molecule has 2 aliphatic heterocycles. The third kappa shape index (κ3) is 2.95. The normalized spacial score (nSPS) is 27.0. The van der Waals surface area contributed by atoms with Crippen molar-refractivity contribution in [1.29, 1.82) is 0 Å². The van der Waals surface area contributed by atoms with Crippen molar-refractivity contribution in [2.24, 2.45) is 5.92 Å². The van der Waals surface area contributed by atoms with Crippen LogP contribution in [0.1, 0.15) is 47.6 Å². The Balaban J connectivity index is 1.69. The quantitative estimate of drug-likeness (QED) is 0.931. The van der Waals surface area contributed by atoms with Crippen LogP contribution in [0.15, 0.2) is 54.9 Å². The molecule has 2 aromatic rings. The van der Waals surface area contributed by atoms with Gasteiger partial charge in [0.2, 0.25) is 0 Å². The van der Waals surface area contributed by atoms with E-state index in [4.69, 9.17) is 0 Å². The summed E-state index contributed by atoms with van der Waals surface area (Å²) in [4.78, 5) is 19.5. The van der Waals surface area contributed by atoms with Gasteiger partial charge in [0.15, 0.2) is 0 Å². The van der Waals surface area contributed by atoms with E-state index >= 15 is 0 Å². The molecule has 0 spiro atoms. The van der Waals surface area contributed by atoms with Crippen LogP contribution in [0.4, 0.5) is 0 Å². The second kappa shape index (κ2) is 6.60. The Bertz CT molecular complexity index is 723. The van der Waals surface area contributed by atoms with Crippen molar-refractivity contribution in [3.05, 3.63) is 66.0 Å². The maximum atomic E-state index is 12.9. The van der Waals surface area contributed by atoms with Crippen molar-refractivity contribution in [1.82, 2.24) is 15.2 Å². The van der Waals surface area contributed by atoms with E-state index in [0.717, 1.165) is 25.3 Å². The van der Waals surface area contributed by atoms with Crippen LogP contribution in [-0.2, 0) is 0 Å². The highest BCUT2D eigenvalue weighted by Crippen LogP contribution is 2.48. The van der Waals surface area contributed by atoms with Crippen molar-refractivity contribution in [3.63, 3.8) is 0 Å². The second-order valence-corrected chi connectivity index (χ2v) is 7.49. The van der Waals surface area contributed by atoms with Crippen LogP contribution in [0.3, 0.4) is 0 Å². The van der Waals surface area contributed by atoms with Gasteiger partial charge in [0.05, 0.1) is 11.6 Å². The zero-order chi connectivity index (χ0) is 17.3. The molecule has 25 heavy (non-hydrogen) atoms. The van der Waals surface area contributed by atoms with Crippen LogP contribution in [0.5, 0.6) is 0 Å². The highest BCUT2D eigenvalue weighted by molar-refractivity contribution is 5.94. The molecule has 3 heterocycles. The second-order valence-electron chi connectivity index (χ2n) is 7.49. The SMILES string of the molecule is CN1CC2CCC1(C(NC(=O)c1cccnc1)c1ccccc1)CC2. The fourth-order valence-corrected chi connectivity index (χ4v) is 4.70. The number of nitrogens with one attached hydrogen (secondary N) is 1. The van der Waals surface area contributed by atoms with Gasteiger partial charge >= 0.3 is 0 Å². The summed E-state index contributed by atoms with van der Waals surface area (Å²) in [5, 5.41) is 3.35. The standard InChI is InChI=1S/C21H25N3O/c1-24-15-16-9-11-21(24,12-10-16)19(17-6-3-2-4-7-17)23-20(25)18-8-5-13-22-14-18/h2-8,13-14,16,19H,9-12,15H2,1H3,(H,23,25). The topological polar surface area (TPSA) is 45.2 Å². The number of nitrogens with zero attached hydrogens (tertiary/aromatic N) is 2. The Morgan fingerprint density at radius 3 is 2.60 bits per heavy atom. The van der Waals surface area contributed by atoms with Gasteiger partial charge in [-0.15, -0.1) is 0 Å². The molecule has 1 aromatic carbocycles. The van der Waals surface area contributed by atoms with Gasteiger partial charge in [-0.25, -0.2) is 0 Å². The van der Waals surface area contributed by atoms with Gasteiger partial charge in [-0.1, -0.05) is 30.3 Å². The third-order valence-corrected chi connectivity index (χ3v) is 6.13. The van der Waals surface area contributed by atoms with Crippen molar-refractivity contribution in [2.45, 2.75) is 37.3 Å². The van der Waals surface area contributed by atoms with Gasteiger partial charge in [-0.2, -0.15) is 0 Å². The lowest BCUT2D eigenvalue weighted by molar-refractivity contribution is -0.0404. The van der Waals surface area contributed by atoms with Crippen LogP contribution in [0.2, 0.25) is 0 Å². The Morgan fingerprint density at radius 2 is 1.96 bits per heavy atom. The Labute approximate surface area is 149 Å². The van der Waals surface area contributed by atoms with Crippen molar-refractivity contribution < 1.29 is 4.79 Å². The lowest BCUT2D eigenvalue weighted by Crippen LogP contribution is -2.62. The smallest absolute Gasteiger partial charge is 0.253 e.